The van der Waals surface area contributed by atoms with Gasteiger partial charge in [0.15, 0.2) is 12.0 Å². The van der Waals surface area contributed by atoms with Gasteiger partial charge in [-0.3, -0.25) is 0 Å². The summed E-state index contributed by atoms with van der Waals surface area (Å²) in [6.45, 7) is 0. The smallest absolute Gasteiger partial charge is 0.181 e. The van der Waals surface area contributed by atoms with Gasteiger partial charge in [0.25, 0.3) is 0 Å². The van der Waals surface area contributed by atoms with Crippen molar-refractivity contribution in [1.82, 2.24) is 4.98 Å². The average molecular weight is 195 g/mol. The van der Waals surface area contributed by atoms with Crippen molar-refractivity contribution in [3.63, 3.8) is 0 Å². The molecule has 0 saturated carbocycles. The van der Waals surface area contributed by atoms with Gasteiger partial charge in [0.05, 0.1) is 10.7 Å². The third kappa shape index (κ3) is 1.30. The molecule has 0 radical (unpaired) electrons. The molecule has 0 aliphatic heterocycles. The Balaban J connectivity index is 2.75. The summed E-state index contributed by atoms with van der Waals surface area (Å²) >= 11 is 5.79. The minimum absolute atomic E-state index is 0.341. The van der Waals surface area contributed by atoms with Gasteiger partial charge in [-0.15, -0.1) is 0 Å². The van der Waals surface area contributed by atoms with E-state index in [1.54, 1.807) is 12.1 Å². The molecule has 0 unspecified atom stereocenters. The molecule has 0 aliphatic rings. The standard InChI is InChI=1S/C7H3ClN4O/c8-4-1-6-7(13-3-10-6)2-5(4)11-12-9/h1-3H. The summed E-state index contributed by atoms with van der Waals surface area (Å²) < 4.78 is 5.01. The SMILES string of the molecule is [N-]=[N+]=Nc1cc2ocnc2cc1Cl. The molecule has 0 bridgehead atoms. The molecule has 6 heteroatoms. The Kier molecular flexibility index (Phi) is 1.81. The van der Waals surface area contributed by atoms with E-state index >= 15 is 0 Å². The van der Waals surface area contributed by atoms with E-state index in [1.807, 2.05) is 0 Å². The van der Waals surface area contributed by atoms with E-state index in [4.69, 9.17) is 21.5 Å². The number of fused-ring (bicyclic) bond motifs is 1. The molecule has 64 valence electrons. The summed E-state index contributed by atoms with van der Waals surface area (Å²) in [5, 5.41) is 3.76. The molecule has 2 rings (SSSR count). The van der Waals surface area contributed by atoms with Gasteiger partial charge in [0.1, 0.15) is 5.52 Å². The van der Waals surface area contributed by atoms with Crippen LogP contribution in [-0.4, -0.2) is 4.98 Å². The van der Waals surface area contributed by atoms with E-state index in [2.05, 4.69) is 15.0 Å². The van der Waals surface area contributed by atoms with Gasteiger partial charge in [0.2, 0.25) is 0 Å². The Morgan fingerprint density at radius 1 is 1.54 bits per heavy atom. The number of nitrogens with zero attached hydrogens (tertiary/aromatic N) is 4. The lowest BCUT2D eigenvalue weighted by atomic mass is 10.3. The first-order chi connectivity index (χ1) is 6.31. The molecule has 1 aromatic carbocycles. The van der Waals surface area contributed by atoms with Gasteiger partial charge in [-0.25, -0.2) is 4.98 Å². The zero-order valence-electron chi connectivity index (χ0n) is 6.31. The maximum Gasteiger partial charge on any atom is 0.181 e. The number of oxazole rings is 1. The number of benzene rings is 1. The molecule has 5 nitrogen and oxygen atoms in total. The Morgan fingerprint density at radius 3 is 3.15 bits per heavy atom. The van der Waals surface area contributed by atoms with Gasteiger partial charge in [0, 0.05) is 4.91 Å². The lowest BCUT2D eigenvalue weighted by Gasteiger charge is -1.94. The van der Waals surface area contributed by atoms with E-state index < -0.39 is 0 Å². The largest absolute Gasteiger partial charge is 0.443 e. The molecule has 0 N–H and O–H groups in total. The van der Waals surface area contributed by atoms with Crippen LogP contribution in [0.25, 0.3) is 21.5 Å². The molecule has 0 spiro atoms. The van der Waals surface area contributed by atoms with Crippen LogP contribution in [-0.2, 0) is 0 Å². The molecule has 0 fully saturated rings. The average Bonchev–Trinajstić information content (AvgIpc) is 2.52. The molecule has 2 aromatic rings. The third-order valence-corrected chi connectivity index (χ3v) is 1.86. The van der Waals surface area contributed by atoms with E-state index in [0.29, 0.717) is 21.8 Å². The summed E-state index contributed by atoms with van der Waals surface area (Å²) in [4.78, 5) is 6.53. The molecule has 13 heavy (non-hydrogen) atoms. The van der Waals surface area contributed by atoms with Crippen LogP contribution in [0, 0.1) is 0 Å². The lowest BCUT2D eigenvalue weighted by Crippen LogP contribution is -1.69. The second-order valence-corrected chi connectivity index (χ2v) is 2.72. The van der Waals surface area contributed by atoms with Gasteiger partial charge >= 0.3 is 0 Å². The predicted molar refractivity (Wildman–Crippen MR) is 47.8 cm³/mol. The van der Waals surface area contributed by atoms with E-state index in [9.17, 15) is 0 Å². The van der Waals surface area contributed by atoms with Crippen molar-refractivity contribution in [3.05, 3.63) is 34.0 Å². The summed E-state index contributed by atoms with van der Waals surface area (Å²) in [7, 11) is 0. The fourth-order valence-electron chi connectivity index (χ4n) is 0.992. The monoisotopic (exact) mass is 194 g/mol. The van der Waals surface area contributed by atoms with Crippen LogP contribution >= 0.6 is 11.6 Å². The first kappa shape index (κ1) is 7.91. The van der Waals surface area contributed by atoms with Crippen molar-refractivity contribution in [2.75, 3.05) is 0 Å². The van der Waals surface area contributed by atoms with E-state index in [1.165, 1.54) is 6.39 Å². The lowest BCUT2D eigenvalue weighted by molar-refractivity contribution is 0.602. The Labute approximate surface area is 77.6 Å². The molecule has 0 aliphatic carbocycles. The zero-order valence-corrected chi connectivity index (χ0v) is 7.06. The molecule has 0 atom stereocenters. The van der Waals surface area contributed by atoms with Gasteiger partial charge in [-0.05, 0) is 17.7 Å². The second-order valence-electron chi connectivity index (χ2n) is 2.31. The number of hydrogen-bond donors (Lipinski definition) is 0. The van der Waals surface area contributed by atoms with Crippen LogP contribution < -0.4 is 0 Å². The first-order valence-corrected chi connectivity index (χ1v) is 3.77. The Bertz CT molecular complexity index is 500. The van der Waals surface area contributed by atoms with Crippen LogP contribution in [0.2, 0.25) is 5.02 Å². The van der Waals surface area contributed by atoms with Crippen molar-refractivity contribution in [2.24, 2.45) is 5.11 Å². The van der Waals surface area contributed by atoms with E-state index in [0.717, 1.165) is 0 Å². The van der Waals surface area contributed by atoms with Crippen molar-refractivity contribution in [2.45, 2.75) is 0 Å². The molecular weight excluding hydrogens is 192 g/mol. The normalized spacial score (nSPS) is 9.92. The number of aromatic nitrogens is 1. The van der Waals surface area contributed by atoms with Crippen molar-refractivity contribution in [3.8, 4) is 0 Å². The molecule has 1 heterocycles. The minimum atomic E-state index is 0.341. The molecular formula is C7H3ClN4O. The number of halogens is 1. The second kappa shape index (κ2) is 2.97. The van der Waals surface area contributed by atoms with Gasteiger partial charge < -0.3 is 4.42 Å². The van der Waals surface area contributed by atoms with Crippen LogP contribution in [0.15, 0.2) is 28.1 Å². The van der Waals surface area contributed by atoms with Crippen molar-refractivity contribution in [1.29, 1.82) is 0 Å². The maximum atomic E-state index is 8.22. The highest BCUT2D eigenvalue weighted by atomic mass is 35.5. The number of rotatable bonds is 1. The molecule has 0 amide bonds. The summed E-state index contributed by atoms with van der Waals surface area (Å²) in [5.41, 5.74) is 9.75. The van der Waals surface area contributed by atoms with Crippen LogP contribution in [0.4, 0.5) is 5.69 Å². The zero-order chi connectivity index (χ0) is 9.26. The Morgan fingerprint density at radius 2 is 2.38 bits per heavy atom. The highest BCUT2D eigenvalue weighted by Gasteiger charge is 2.03. The Hall–Kier alpha value is -1.71. The summed E-state index contributed by atoms with van der Waals surface area (Å²) in [5.74, 6) is 0. The van der Waals surface area contributed by atoms with Crippen molar-refractivity contribution >= 4 is 28.4 Å². The highest BCUT2D eigenvalue weighted by Crippen LogP contribution is 2.29. The van der Waals surface area contributed by atoms with E-state index in [-0.39, 0.29) is 0 Å². The fourth-order valence-corrected chi connectivity index (χ4v) is 1.19. The van der Waals surface area contributed by atoms with Gasteiger partial charge in [-0.1, -0.05) is 16.7 Å². The summed E-state index contributed by atoms with van der Waals surface area (Å²) in [6, 6.07) is 3.13. The quantitative estimate of drug-likeness (QED) is 0.396. The minimum Gasteiger partial charge on any atom is -0.443 e. The molecule has 1 aromatic heterocycles. The number of azide groups is 1. The van der Waals surface area contributed by atoms with Gasteiger partial charge in [-0.2, -0.15) is 0 Å². The van der Waals surface area contributed by atoms with Crippen LogP contribution in [0.3, 0.4) is 0 Å². The maximum absolute atomic E-state index is 8.22. The van der Waals surface area contributed by atoms with Crippen LogP contribution in [0.1, 0.15) is 0 Å². The first-order valence-electron chi connectivity index (χ1n) is 3.39. The topological polar surface area (TPSA) is 74.8 Å². The molecule has 0 saturated heterocycles. The predicted octanol–water partition coefficient (Wildman–Crippen LogP) is 3.42. The fraction of sp³-hybridized carbons (Fsp3) is 0. The third-order valence-electron chi connectivity index (χ3n) is 1.55. The van der Waals surface area contributed by atoms with Crippen LogP contribution in [0.5, 0.6) is 0 Å². The summed E-state index contributed by atoms with van der Waals surface area (Å²) in [6.07, 6.45) is 1.31. The highest BCUT2D eigenvalue weighted by molar-refractivity contribution is 6.33. The van der Waals surface area contributed by atoms with Crippen molar-refractivity contribution < 1.29 is 4.42 Å². The number of hydrogen-bond acceptors (Lipinski definition) is 3.